The van der Waals surface area contributed by atoms with E-state index in [0.717, 1.165) is 29.3 Å². The van der Waals surface area contributed by atoms with E-state index in [4.69, 9.17) is 9.47 Å². The van der Waals surface area contributed by atoms with Crippen LogP contribution in [0.1, 0.15) is 55.9 Å². The summed E-state index contributed by atoms with van der Waals surface area (Å²) in [5.41, 5.74) is -5.09. The van der Waals surface area contributed by atoms with Gasteiger partial charge >= 0.3 is 12.3 Å². The Labute approximate surface area is 240 Å². The van der Waals surface area contributed by atoms with Gasteiger partial charge in [-0.25, -0.2) is 27.9 Å². The van der Waals surface area contributed by atoms with E-state index < -0.39 is 83.3 Å². The van der Waals surface area contributed by atoms with Crippen molar-refractivity contribution < 1.29 is 50.2 Å². The molecule has 3 amide bonds. The Hall–Kier alpha value is -4.28. The lowest BCUT2D eigenvalue weighted by atomic mass is 9.75. The van der Waals surface area contributed by atoms with Crippen molar-refractivity contribution in [2.75, 3.05) is 18.5 Å². The van der Waals surface area contributed by atoms with E-state index in [1.807, 2.05) is 0 Å². The average molecular weight is 617 g/mol. The molecule has 2 aliphatic rings. The quantitative estimate of drug-likeness (QED) is 0.478. The van der Waals surface area contributed by atoms with Crippen molar-refractivity contribution in [1.29, 1.82) is 0 Å². The zero-order chi connectivity index (χ0) is 31.9. The number of anilines is 1. The van der Waals surface area contributed by atoms with Crippen LogP contribution >= 0.6 is 0 Å². The predicted molar refractivity (Wildman–Crippen MR) is 136 cm³/mol. The number of alkyl carbamates (subject to hydrolysis) is 1. The van der Waals surface area contributed by atoms with Gasteiger partial charge in [0.2, 0.25) is 11.9 Å². The third-order valence-electron chi connectivity index (χ3n) is 6.46. The Bertz CT molecular complexity index is 1450. The Kier molecular flexibility index (Phi) is 8.41. The summed E-state index contributed by atoms with van der Waals surface area (Å²) in [6.45, 7) is 4.98. The number of aliphatic imine (C=N–C) groups is 1. The average Bonchev–Trinajstić information content (AvgIpc) is 3.30. The minimum absolute atomic E-state index is 0.160. The molecule has 1 aromatic heterocycles. The van der Waals surface area contributed by atoms with Gasteiger partial charge in [-0.15, -0.1) is 0 Å². The number of hydrogen-bond donors (Lipinski definition) is 2. The molecule has 2 aliphatic heterocycles. The molecule has 2 aromatic rings. The molecule has 2 N–H and O–H groups in total. The van der Waals surface area contributed by atoms with Gasteiger partial charge in [0, 0.05) is 17.8 Å². The molecule has 0 bridgehead atoms. The van der Waals surface area contributed by atoms with Crippen LogP contribution in [0.2, 0.25) is 0 Å². The predicted octanol–water partition coefficient (Wildman–Crippen LogP) is 4.32. The van der Waals surface area contributed by atoms with Crippen LogP contribution in [0.3, 0.4) is 0 Å². The molecule has 0 unspecified atom stereocenters. The van der Waals surface area contributed by atoms with Crippen LogP contribution in [0.15, 0.2) is 35.6 Å². The number of ether oxygens (including phenoxy) is 2. The second-order valence-corrected chi connectivity index (χ2v) is 10.6. The van der Waals surface area contributed by atoms with Crippen LogP contribution < -0.4 is 10.6 Å². The third kappa shape index (κ3) is 6.40. The van der Waals surface area contributed by atoms with Crippen molar-refractivity contribution in [1.82, 2.24) is 20.2 Å². The normalized spacial score (nSPS) is 22.3. The van der Waals surface area contributed by atoms with Crippen LogP contribution in [0.25, 0.3) is 0 Å². The summed E-state index contributed by atoms with van der Waals surface area (Å²) < 4.78 is 93.5. The van der Waals surface area contributed by atoms with Gasteiger partial charge in [-0.05, 0) is 45.9 Å². The first-order valence-electron chi connectivity index (χ1n) is 12.8. The van der Waals surface area contributed by atoms with E-state index in [-0.39, 0.29) is 17.9 Å². The Morgan fingerprint density at radius 1 is 1.16 bits per heavy atom. The summed E-state index contributed by atoms with van der Waals surface area (Å²) in [5, 5.41) is 4.60. The number of aromatic nitrogens is 2. The summed E-state index contributed by atoms with van der Waals surface area (Å²) >= 11 is 0. The fraction of sp³-hybridized carbons (Fsp3) is 0.462. The maximum Gasteiger partial charge on any atom is 0.415 e. The zero-order valence-electron chi connectivity index (χ0n) is 23.1. The smallest absolute Gasteiger partial charge is 0.415 e. The summed E-state index contributed by atoms with van der Waals surface area (Å²) in [4.78, 5) is 51.0. The number of carbonyl (C=O) groups excluding carboxylic acids is 3. The van der Waals surface area contributed by atoms with Crippen molar-refractivity contribution >= 4 is 29.6 Å². The molecule has 43 heavy (non-hydrogen) atoms. The molecule has 0 aliphatic carbocycles. The van der Waals surface area contributed by atoms with E-state index in [9.17, 15) is 36.3 Å². The molecular weight excluding hydrogens is 590 g/mol. The van der Waals surface area contributed by atoms with Gasteiger partial charge in [0.05, 0.1) is 19.0 Å². The van der Waals surface area contributed by atoms with Crippen molar-refractivity contribution in [3.8, 4) is 0 Å². The number of rotatable bonds is 5. The highest BCUT2D eigenvalue weighted by Crippen LogP contribution is 2.51. The number of alkyl halides is 5. The number of nitrogens with one attached hydrogen (secondary N) is 2. The Morgan fingerprint density at radius 2 is 1.86 bits per heavy atom. The minimum atomic E-state index is -5.06. The molecule has 1 aromatic carbocycles. The molecule has 0 spiro atoms. The molecule has 11 nitrogen and oxygen atoms in total. The molecule has 232 valence electrons. The lowest BCUT2D eigenvalue weighted by molar-refractivity contribution is -0.218. The standard InChI is InChI=1S/C26H26F6N6O5/c1-5-38-21(40)17-18(26(30,31)32)42-11-25(17,37-22(38)36-23(41)43-24(2,3)4)13-8-12(6-7-14(13)27)35-20(39)16-10-33-15(9-34-16)19(28)29/h6-10,17-19H,5,11H2,1-4H3,(H,35,39)(H,36,37,41)/t17-,18-,25+/m0/s1. The highest BCUT2D eigenvalue weighted by Gasteiger charge is 2.66. The van der Waals surface area contributed by atoms with Gasteiger partial charge in [-0.3, -0.25) is 24.8 Å². The van der Waals surface area contributed by atoms with Crippen LogP contribution in [0, 0.1) is 11.7 Å². The number of carbonyl (C=O) groups is 3. The van der Waals surface area contributed by atoms with E-state index in [1.54, 1.807) is 20.8 Å². The second-order valence-electron chi connectivity index (χ2n) is 10.6. The number of amides is 3. The van der Waals surface area contributed by atoms with Crippen LogP contribution in [0.4, 0.5) is 36.8 Å². The van der Waals surface area contributed by atoms with Crippen LogP contribution in [-0.2, 0) is 19.8 Å². The molecule has 1 fully saturated rings. The van der Waals surface area contributed by atoms with Gasteiger partial charge in [-0.1, -0.05) is 0 Å². The molecule has 0 saturated carbocycles. The Balaban J connectivity index is 1.79. The van der Waals surface area contributed by atoms with Gasteiger partial charge in [-0.2, -0.15) is 13.2 Å². The molecule has 1 saturated heterocycles. The van der Waals surface area contributed by atoms with Gasteiger partial charge < -0.3 is 14.8 Å². The van der Waals surface area contributed by atoms with Gasteiger partial charge in [0.25, 0.3) is 12.3 Å². The van der Waals surface area contributed by atoms with E-state index in [0.29, 0.717) is 6.20 Å². The number of hydrogen-bond acceptors (Lipinski definition) is 8. The van der Waals surface area contributed by atoms with E-state index >= 15 is 4.39 Å². The first kappa shape index (κ1) is 31.7. The van der Waals surface area contributed by atoms with Gasteiger partial charge in [0.1, 0.15) is 34.3 Å². The SMILES string of the molecule is CCN1C(=O)[C@@H]2[C@@H](C(F)(F)F)OC[C@]2(c2cc(NC(=O)c3cnc(C(F)F)cn3)ccc2F)N=C1NC(=O)OC(C)(C)C. The lowest BCUT2D eigenvalue weighted by Gasteiger charge is -2.41. The number of nitrogens with zero attached hydrogens (tertiary/aromatic N) is 4. The van der Waals surface area contributed by atoms with Crippen molar-refractivity contribution in [3.05, 3.63) is 53.4 Å². The number of fused-ring (bicyclic) bond motifs is 1. The highest BCUT2D eigenvalue weighted by atomic mass is 19.4. The van der Waals surface area contributed by atoms with Crippen molar-refractivity contribution in [3.63, 3.8) is 0 Å². The monoisotopic (exact) mass is 616 g/mol. The lowest BCUT2D eigenvalue weighted by Crippen LogP contribution is -2.60. The number of benzene rings is 1. The zero-order valence-corrected chi connectivity index (χ0v) is 23.1. The third-order valence-corrected chi connectivity index (χ3v) is 6.46. The molecule has 4 rings (SSSR count). The van der Waals surface area contributed by atoms with Crippen LogP contribution in [0.5, 0.6) is 0 Å². The van der Waals surface area contributed by atoms with Crippen molar-refractivity contribution in [2.45, 2.75) is 57.5 Å². The van der Waals surface area contributed by atoms with Gasteiger partial charge in [0.15, 0.2) is 6.10 Å². The molecule has 0 radical (unpaired) electrons. The molecule has 3 heterocycles. The van der Waals surface area contributed by atoms with E-state index in [2.05, 4.69) is 25.6 Å². The molecule has 17 heteroatoms. The largest absolute Gasteiger partial charge is 0.444 e. The maximum absolute atomic E-state index is 15.5. The number of guanidine groups is 1. The summed E-state index contributed by atoms with van der Waals surface area (Å²) in [6, 6.07) is 2.87. The minimum Gasteiger partial charge on any atom is -0.444 e. The maximum atomic E-state index is 15.5. The first-order valence-corrected chi connectivity index (χ1v) is 12.8. The first-order chi connectivity index (χ1) is 20.0. The molecule has 3 atom stereocenters. The summed E-state index contributed by atoms with van der Waals surface area (Å²) in [6.07, 6.45) is -10.3. The summed E-state index contributed by atoms with van der Waals surface area (Å²) in [5.74, 6) is -5.79. The fourth-order valence-corrected chi connectivity index (χ4v) is 4.69. The number of halogens is 6. The van der Waals surface area contributed by atoms with E-state index in [1.165, 1.54) is 6.92 Å². The Morgan fingerprint density at radius 3 is 2.42 bits per heavy atom. The fourth-order valence-electron chi connectivity index (χ4n) is 4.69. The topological polar surface area (TPSA) is 135 Å². The van der Waals surface area contributed by atoms with Crippen molar-refractivity contribution in [2.24, 2.45) is 10.9 Å². The van der Waals surface area contributed by atoms with Crippen LogP contribution in [-0.4, -0.2) is 69.8 Å². The molecular formula is C26H26F6N6O5. The second kappa shape index (κ2) is 11.4. The highest BCUT2D eigenvalue weighted by molar-refractivity contribution is 6.06. The summed E-state index contributed by atoms with van der Waals surface area (Å²) in [7, 11) is 0.